The molecule has 2 aliphatic rings. The van der Waals surface area contributed by atoms with E-state index in [1.165, 1.54) is 18.3 Å². The first-order valence-corrected chi connectivity index (χ1v) is 13.8. The van der Waals surface area contributed by atoms with Crippen LogP contribution in [0.3, 0.4) is 0 Å². The van der Waals surface area contributed by atoms with Crippen molar-refractivity contribution in [3.8, 4) is 27.5 Å². The average molecular weight is 548 g/mol. The SMILES string of the molecule is CC(=O)Nc1nc2c(s1)-c1c(c(-c3cccnc3)nn1-c1ccc(NC(=O)NC3CCCC3)cc1Cl)CC2. The molecule has 3 aromatic heterocycles. The number of nitrogens with zero attached hydrogens (tertiary/aromatic N) is 4. The Morgan fingerprint density at radius 2 is 1.97 bits per heavy atom. The standard InChI is InChI=1S/C27H26ClN7O2S/c1-15(36)30-27-33-21-10-9-19-23(16-5-4-12-29-14-16)34-35(24(19)25(21)38-27)22-11-8-18(13-20(22)28)32-26(37)31-17-6-2-3-7-17/h4-5,8,11-14,17H,2-3,6-7,9-10H2,1H3,(H,30,33,36)(H2,31,32,37). The molecule has 1 aromatic carbocycles. The summed E-state index contributed by atoms with van der Waals surface area (Å²) in [4.78, 5) is 34.1. The number of rotatable bonds is 5. The van der Waals surface area contributed by atoms with Crippen LogP contribution in [0.4, 0.5) is 15.6 Å². The summed E-state index contributed by atoms with van der Waals surface area (Å²) in [6.07, 6.45) is 9.34. The molecule has 6 rings (SSSR count). The van der Waals surface area contributed by atoms with Crippen LogP contribution in [0.5, 0.6) is 0 Å². The van der Waals surface area contributed by atoms with Gasteiger partial charge in [-0.3, -0.25) is 9.78 Å². The van der Waals surface area contributed by atoms with E-state index >= 15 is 0 Å². The quantitative estimate of drug-likeness (QED) is 0.291. The number of aromatic nitrogens is 4. The Labute approximate surface area is 228 Å². The molecule has 0 radical (unpaired) electrons. The second-order valence-electron chi connectivity index (χ2n) is 9.55. The van der Waals surface area contributed by atoms with Crippen molar-refractivity contribution in [3.05, 3.63) is 59.0 Å². The summed E-state index contributed by atoms with van der Waals surface area (Å²) in [7, 11) is 0. The van der Waals surface area contributed by atoms with Crippen molar-refractivity contribution in [3.63, 3.8) is 0 Å². The largest absolute Gasteiger partial charge is 0.335 e. The van der Waals surface area contributed by atoms with Crippen LogP contribution >= 0.6 is 22.9 Å². The van der Waals surface area contributed by atoms with Gasteiger partial charge in [0.25, 0.3) is 0 Å². The number of benzene rings is 1. The number of anilines is 2. The number of thiazole rings is 1. The third-order valence-electron chi connectivity index (χ3n) is 6.85. The Bertz CT molecular complexity index is 1530. The number of nitrogens with one attached hydrogen (secondary N) is 3. The van der Waals surface area contributed by atoms with Gasteiger partial charge in [0.05, 0.1) is 32.7 Å². The number of carbonyl (C=O) groups excluding carboxylic acids is 2. The van der Waals surface area contributed by atoms with Gasteiger partial charge in [0.1, 0.15) is 0 Å². The molecule has 194 valence electrons. The van der Waals surface area contributed by atoms with Crippen LogP contribution in [0.2, 0.25) is 5.02 Å². The van der Waals surface area contributed by atoms with E-state index in [1.54, 1.807) is 18.5 Å². The molecular weight excluding hydrogens is 522 g/mol. The predicted octanol–water partition coefficient (Wildman–Crippen LogP) is 5.83. The Morgan fingerprint density at radius 3 is 2.71 bits per heavy atom. The van der Waals surface area contributed by atoms with Crippen LogP contribution in [0.1, 0.15) is 43.9 Å². The molecule has 4 aromatic rings. The minimum absolute atomic E-state index is 0.163. The topological polar surface area (TPSA) is 114 Å². The Hall–Kier alpha value is -3.76. The molecule has 3 N–H and O–H groups in total. The first-order valence-electron chi connectivity index (χ1n) is 12.6. The molecule has 38 heavy (non-hydrogen) atoms. The van der Waals surface area contributed by atoms with Gasteiger partial charge >= 0.3 is 6.03 Å². The number of aryl methyl sites for hydroxylation is 1. The summed E-state index contributed by atoms with van der Waals surface area (Å²) in [6.45, 7) is 1.47. The van der Waals surface area contributed by atoms with Crippen LogP contribution in [0, 0.1) is 0 Å². The van der Waals surface area contributed by atoms with Gasteiger partial charge in [-0.15, -0.1) is 0 Å². The maximum atomic E-state index is 12.5. The summed E-state index contributed by atoms with van der Waals surface area (Å²) >= 11 is 8.23. The molecule has 0 saturated heterocycles. The number of halogens is 1. The Balaban J connectivity index is 1.39. The smallest absolute Gasteiger partial charge is 0.319 e. The zero-order chi connectivity index (χ0) is 26.2. The van der Waals surface area contributed by atoms with Gasteiger partial charge in [0.2, 0.25) is 5.91 Å². The van der Waals surface area contributed by atoms with Crippen molar-refractivity contribution in [1.82, 2.24) is 25.1 Å². The maximum absolute atomic E-state index is 12.5. The highest BCUT2D eigenvalue weighted by molar-refractivity contribution is 7.19. The summed E-state index contributed by atoms with van der Waals surface area (Å²) in [5.41, 5.74) is 5.94. The molecule has 9 nitrogen and oxygen atoms in total. The Morgan fingerprint density at radius 1 is 1.13 bits per heavy atom. The monoisotopic (exact) mass is 547 g/mol. The van der Waals surface area contributed by atoms with E-state index in [0.29, 0.717) is 21.5 Å². The van der Waals surface area contributed by atoms with Gasteiger partial charge in [-0.25, -0.2) is 14.5 Å². The highest BCUT2D eigenvalue weighted by Gasteiger charge is 2.30. The molecular formula is C27H26ClN7O2S. The fourth-order valence-electron chi connectivity index (χ4n) is 5.16. The van der Waals surface area contributed by atoms with E-state index in [0.717, 1.165) is 71.6 Å². The summed E-state index contributed by atoms with van der Waals surface area (Å²) in [5.74, 6) is -0.163. The number of pyridine rings is 1. The van der Waals surface area contributed by atoms with Crippen LogP contribution in [-0.4, -0.2) is 37.7 Å². The van der Waals surface area contributed by atoms with Gasteiger partial charge in [-0.05, 0) is 56.0 Å². The predicted molar refractivity (Wildman–Crippen MR) is 149 cm³/mol. The van der Waals surface area contributed by atoms with E-state index < -0.39 is 0 Å². The van der Waals surface area contributed by atoms with Crippen molar-refractivity contribution in [1.29, 1.82) is 0 Å². The molecule has 1 saturated carbocycles. The molecule has 3 heterocycles. The van der Waals surface area contributed by atoms with Crippen molar-refractivity contribution in [2.45, 2.75) is 51.5 Å². The lowest BCUT2D eigenvalue weighted by atomic mass is 9.95. The van der Waals surface area contributed by atoms with Crippen LogP contribution < -0.4 is 16.0 Å². The third-order valence-corrected chi connectivity index (χ3v) is 8.17. The zero-order valence-electron chi connectivity index (χ0n) is 20.8. The van der Waals surface area contributed by atoms with Gasteiger partial charge in [0.15, 0.2) is 5.13 Å². The number of carbonyl (C=O) groups is 2. The first-order chi connectivity index (χ1) is 18.5. The molecule has 3 amide bonds. The summed E-state index contributed by atoms with van der Waals surface area (Å²) in [6, 6.07) is 9.30. The first kappa shape index (κ1) is 24.6. The third kappa shape index (κ3) is 4.77. The molecule has 2 aliphatic carbocycles. The average Bonchev–Trinajstić information content (AvgIpc) is 3.62. The molecule has 11 heteroatoms. The van der Waals surface area contributed by atoms with E-state index in [9.17, 15) is 9.59 Å². The fourth-order valence-corrected chi connectivity index (χ4v) is 6.54. The van der Waals surface area contributed by atoms with E-state index in [2.05, 4.69) is 25.9 Å². The van der Waals surface area contributed by atoms with Crippen molar-refractivity contribution >= 4 is 45.7 Å². The van der Waals surface area contributed by atoms with Crippen molar-refractivity contribution < 1.29 is 9.59 Å². The van der Waals surface area contributed by atoms with Gasteiger partial charge in [-0.2, -0.15) is 5.10 Å². The van der Waals surface area contributed by atoms with Crippen molar-refractivity contribution in [2.75, 3.05) is 10.6 Å². The molecule has 0 bridgehead atoms. The number of hydrogen-bond donors (Lipinski definition) is 3. The Kier molecular flexibility index (Phi) is 6.59. The maximum Gasteiger partial charge on any atom is 0.319 e. The normalized spacial score (nSPS) is 14.6. The second kappa shape index (κ2) is 10.2. The highest BCUT2D eigenvalue weighted by Crippen LogP contribution is 2.44. The van der Waals surface area contributed by atoms with E-state index in [-0.39, 0.29) is 18.0 Å². The van der Waals surface area contributed by atoms with Gasteiger partial charge < -0.3 is 16.0 Å². The van der Waals surface area contributed by atoms with Crippen molar-refractivity contribution in [2.24, 2.45) is 0 Å². The minimum atomic E-state index is -0.226. The fraction of sp³-hybridized carbons (Fsp3) is 0.296. The number of amides is 3. The van der Waals surface area contributed by atoms with Crippen LogP contribution in [0.25, 0.3) is 27.5 Å². The minimum Gasteiger partial charge on any atom is -0.335 e. The summed E-state index contributed by atoms with van der Waals surface area (Å²) in [5, 5.41) is 14.8. The molecule has 0 atom stereocenters. The number of urea groups is 1. The number of hydrogen-bond acceptors (Lipinski definition) is 6. The highest BCUT2D eigenvalue weighted by atomic mass is 35.5. The summed E-state index contributed by atoms with van der Waals surface area (Å²) < 4.78 is 1.84. The zero-order valence-corrected chi connectivity index (χ0v) is 22.3. The van der Waals surface area contributed by atoms with Crippen LogP contribution in [-0.2, 0) is 17.6 Å². The lowest BCUT2D eigenvalue weighted by Gasteiger charge is -2.16. The number of fused-ring (bicyclic) bond motifs is 3. The molecule has 0 aliphatic heterocycles. The molecule has 0 spiro atoms. The van der Waals surface area contributed by atoms with E-state index in [4.69, 9.17) is 16.7 Å². The van der Waals surface area contributed by atoms with Crippen LogP contribution in [0.15, 0.2) is 42.7 Å². The molecule has 1 fully saturated rings. The second-order valence-corrected chi connectivity index (χ2v) is 11.0. The lowest BCUT2D eigenvalue weighted by Crippen LogP contribution is -2.36. The van der Waals surface area contributed by atoms with Gasteiger partial charge in [-0.1, -0.05) is 35.8 Å². The van der Waals surface area contributed by atoms with E-state index in [1.807, 2.05) is 28.9 Å². The lowest BCUT2D eigenvalue weighted by molar-refractivity contribution is -0.114. The van der Waals surface area contributed by atoms with Gasteiger partial charge in [0, 0.05) is 42.2 Å². The molecule has 0 unspecified atom stereocenters.